The minimum atomic E-state index is -0.608. The van der Waals surface area contributed by atoms with Crippen molar-refractivity contribution in [3.05, 3.63) is 54.1 Å². The van der Waals surface area contributed by atoms with Gasteiger partial charge in [0, 0.05) is 18.5 Å². The Bertz CT molecular complexity index is 561. The number of hydrogen-bond acceptors (Lipinski definition) is 4. The highest BCUT2D eigenvalue weighted by molar-refractivity contribution is 5.93. The number of benzene rings is 1. The van der Waals surface area contributed by atoms with Crippen LogP contribution < -0.4 is 16.1 Å². The maximum Gasteiger partial charge on any atom is 0.285 e. The molecule has 1 heterocycles. The number of nitrogens with two attached hydrogens (primary N) is 1. The number of hydrogen-bond donors (Lipinski definition) is 2. The number of hydroxylamine groups is 1. The Morgan fingerprint density at radius 3 is 2.89 bits per heavy atom. The second-order valence-corrected chi connectivity index (χ2v) is 3.46. The first-order valence-corrected chi connectivity index (χ1v) is 5.09. The summed E-state index contributed by atoms with van der Waals surface area (Å²) < 4.78 is 13.1. The molecule has 5 nitrogen and oxygen atoms in total. The molecule has 0 spiro atoms. The standard InChI is InChI=1S/C12H10FN3O2/c13-10-6-9(3-4-11(10)14)18-16-12(17)8-2-1-5-15-7-8/h1-7H,14H2,(H,16,17). The number of rotatable bonds is 3. The number of carbonyl (C=O) groups is 1. The minimum absolute atomic E-state index is 0.0148. The molecule has 18 heavy (non-hydrogen) atoms. The first kappa shape index (κ1) is 11.8. The van der Waals surface area contributed by atoms with Gasteiger partial charge in [0.25, 0.3) is 5.91 Å². The van der Waals surface area contributed by atoms with Crippen molar-refractivity contribution in [2.45, 2.75) is 0 Å². The van der Waals surface area contributed by atoms with Crippen LogP contribution in [0.2, 0.25) is 0 Å². The molecule has 0 bridgehead atoms. The summed E-state index contributed by atoms with van der Waals surface area (Å²) in [5.41, 5.74) is 7.84. The van der Waals surface area contributed by atoms with Crippen molar-refractivity contribution < 1.29 is 14.0 Å². The highest BCUT2D eigenvalue weighted by Gasteiger charge is 2.06. The van der Waals surface area contributed by atoms with Gasteiger partial charge in [-0.15, -0.1) is 0 Å². The average molecular weight is 247 g/mol. The Hall–Kier alpha value is -2.63. The fourth-order valence-electron chi connectivity index (χ4n) is 1.23. The fraction of sp³-hybridized carbons (Fsp3) is 0. The first-order chi connectivity index (χ1) is 8.66. The van der Waals surface area contributed by atoms with E-state index < -0.39 is 11.7 Å². The lowest BCUT2D eigenvalue weighted by Crippen LogP contribution is -2.27. The number of anilines is 1. The molecular weight excluding hydrogens is 237 g/mol. The van der Waals surface area contributed by atoms with Gasteiger partial charge in [0.05, 0.1) is 11.3 Å². The van der Waals surface area contributed by atoms with Crippen LogP contribution in [0.1, 0.15) is 10.4 Å². The van der Waals surface area contributed by atoms with E-state index in [0.717, 1.165) is 6.07 Å². The van der Waals surface area contributed by atoms with Crippen LogP contribution in [-0.4, -0.2) is 10.9 Å². The lowest BCUT2D eigenvalue weighted by atomic mass is 10.3. The maximum absolute atomic E-state index is 13.1. The van der Waals surface area contributed by atoms with Crippen LogP contribution in [0.15, 0.2) is 42.7 Å². The van der Waals surface area contributed by atoms with Crippen molar-refractivity contribution in [1.82, 2.24) is 10.5 Å². The zero-order chi connectivity index (χ0) is 13.0. The van der Waals surface area contributed by atoms with E-state index in [1.165, 1.54) is 18.3 Å². The number of carbonyl (C=O) groups excluding carboxylic acids is 1. The van der Waals surface area contributed by atoms with Crippen LogP contribution in [0, 0.1) is 5.82 Å². The number of nitrogens with one attached hydrogen (secondary N) is 1. The van der Waals surface area contributed by atoms with Crippen molar-refractivity contribution in [1.29, 1.82) is 0 Å². The second-order valence-electron chi connectivity index (χ2n) is 3.46. The van der Waals surface area contributed by atoms with Gasteiger partial charge >= 0.3 is 0 Å². The number of aromatic nitrogens is 1. The summed E-state index contributed by atoms with van der Waals surface area (Å²) in [7, 11) is 0. The summed E-state index contributed by atoms with van der Waals surface area (Å²) in [4.78, 5) is 20.3. The monoisotopic (exact) mass is 247 g/mol. The van der Waals surface area contributed by atoms with E-state index in [2.05, 4.69) is 10.5 Å². The fourth-order valence-corrected chi connectivity index (χ4v) is 1.23. The van der Waals surface area contributed by atoms with Gasteiger partial charge in [-0.05, 0) is 24.3 Å². The van der Waals surface area contributed by atoms with Crippen LogP contribution in [-0.2, 0) is 0 Å². The van der Waals surface area contributed by atoms with E-state index in [9.17, 15) is 9.18 Å². The Labute approximate surface area is 102 Å². The predicted molar refractivity (Wildman–Crippen MR) is 63.1 cm³/mol. The van der Waals surface area contributed by atoms with Gasteiger partial charge in [0.1, 0.15) is 5.82 Å². The van der Waals surface area contributed by atoms with Crippen LogP contribution in [0.3, 0.4) is 0 Å². The number of nitrogens with zero attached hydrogens (tertiary/aromatic N) is 1. The van der Waals surface area contributed by atoms with Gasteiger partial charge in [-0.2, -0.15) is 5.48 Å². The molecule has 92 valence electrons. The Balaban J connectivity index is 1.99. The molecule has 0 unspecified atom stereocenters. The molecule has 0 aliphatic rings. The van der Waals surface area contributed by atoms with Crippen LogP contribution in [0.4, 0.5) is 10.1 Å². The van der Waals surface area contributed by atoms with E-state index in [4.69, 9.17) is 10.6 Å². The molecule has 0 fully saturated rings. The molecule has 1 aromatic heterocycles. The van der Waals surface area contributed by atoms with Crippen molar-refractivity contribution >= 4 is 11.6 Å². The largest absolute Gasteiger partial charge is 0.396 e. The zero-order valence-corrected chi connectivity index (χ0v) is 9.26. The van der Waals surface area contributed by atoms with Gasteiger partial charge in [-0.3, -0.25) is 9.78 Å². The van der Waals surface area contributed by atoms with E-state index >= 15 is 0 Å². The molecule has 0 aliphatic heterocycles. The topological polar surface area (TPSA) is 77.2 Å². The average Bonchev–Trinajstić information content (AvgIpc) is 2.41. The van der Waals surface area contributed by atoms with Gasteiger partial charge in [0.15, 0.2) is 5.75 Å². The Morgan fingerprint density at radius 1 is 1.39 bits per heavy atom. The normalized spacial score (nSPS) is 9.83. The Kier molecular flexibility index (Phi) is 3.38. The van der Waals surface area contributed by atoms with Gasteiger partial charge < -0.3 is 10.6 Å². The van der Waals surface area contributed by atoms with Crippen molar-refractivity contribution in [3.63, 3.8) is 0 Å². The number of nitrogen functional groups attached to an aromatic ring is 1. The van der Waals surface area contributed by atoms with E-state index in [1.54, 1.807) is 18.3 Å². The first-order valence-electron chi connectivity index (χ1n) is 5.09. The van der Waals surface area contributed by atoms with Crippen molar-refractivity contribution in [3.8, 4) is 5.75 Å². The third kappa shape index (κ3) is 2.73. The van der Waals surface area contributed by atoms with Crippen LogP contribution in [0.25, 0.3) is 0 Å². The number of pyridine rings is 1. The lowest BCUT2D eigenvalue weighted by molar-refractivity contribution is 0.0759. The molecule has 0 saturated carbocycles. The Morgan fingerprint density at radius 2 is 2.22 bits per heavy atom. The molecule has 0 saturated heterocycles. The summed E-state index contributed by atoms with van der Waals surface area (Å²) in [5.74, 6) is -0.928. The third-order valence-electron chi connectivity index (χ3n) is 2.16. The van der Waals surface area contributed by atoms with Crippen LogP contribution >= 0.6 is 0 Å². The van der Waals surface area contributed by atoms with E-state index in [1.807, 2.05) is 0 Å². The molecule has 1 aromatic carbocycles. The van der Waals surface area contributed by atoms with Crippen molar-refractivity contribution in [2.75, 3.05) is 5.73 Å². The van der Waals surface area contributed by atoms with Gasteiger partial charge in [-0.25, -0.2) is 4.39 Å². The molecule has 2 rings (SSSR count). The number of halogens is 1. The summed E-state index contributed by atoms with van der Waals surface area (Å²) in [6, 6.07) is 7.08. The van der Waals surface area contributed by atoms with E-state index in [-0.39, 0.29) is 11.4 Å². The van der Waals surface area contributed by atoms with E-state index in [0.29, 0.717) is 5.56 Å². The third-order valence-corrected chi connectivity index (χ3v) is 2.16. The molecule has 6 heteroatoms. The maximum atomic E-state index is 13.1. The number of amides is 1. The summed E-state index contributed by atoms with van der Waals surface area (Å²) >= 11 is 0. The van der Waals surface area contributed by atoms with Crippen molar-refractivity contribution in [2.24, 2.45) is 0 Å². The molecule has 0 aliphatic carbocycles. The SMILES string of the molecule is Nc1ccc(ONC(=O)c2cccnc2)cc1F. The summed E-state index contributed by atoms with van der Waals surface area (Å²) in [6.07, 6.45) is 2.94. The summed E-state index contributed by atoms with van der Waals surface area (Å²) in [6.45, 7) is 0. The molecular formula is C12H10FN3O2. The molecule has 2 aromatic rings. The minimum Gasteiger partial charge on any atom is -0.396 e. The zero-order valence-electron chi connectivity index (χ0n) is 9.26. The molecule has 0 atom stereocenters. The van der Waals surface area contributed by atoms with Crippen LogP contribution in [0.5, 0.6) is 5.75 Å². The molecule has 1 amide bonds. The lowest BCUT2D eigenvalue weighted by Gasteiger charge is -2.07. The second kappa shape index (κ2) is 5.13. The summed E-state index contributed by atoms with van der Waals surface area (Å²) in [5, 5.41) is 0. The highest BCUT2D eigenvalue weighted by Crippen LogP contribution is 2.17. The molecule has 3 N–H and O–H groups in total. The highest BCUT2D eigenvalue weighted by atomic mass is 19.1. The quantitative estimate of drug-likeness (QED) is 0.637. The predicted octanol–water partition coefficient (Wildman–Crippen LogP) is 1.53. The molecule has 0 radical (unpaired) electrons. The smallest absolute Gasteiger partial charge is 0.285 e. The van der Waals surface area contributed by atoms with Gasteiger partial charge in [0.2, 0.25) is 0 Å². The van der Waals surface area contributed by atoms with Gasteiger partial charge in [-0.1, -0.05) is 0 Å².